The molecule has 1 aliphatic rings. The number of pyridine rings is 1. The van der Waals surface area contributed by atoms with Crippen molar-refractivity contribution in [3.05, 3.63) is 53.9 Å². The van der Waals surface area contributed by atoms with Crippen LogP contribution in [0.4, 0.5) is 11.4 Å². The van der Waals surface area contributed by atoms with Crippen molar-refractivity contribution in [2.75, 3.05) is 25.5 Å². The first kappa shape index (κ1) is 17.0. The number of nitrogens with one attached hydrogen (secondary N) is 1. The van der Waals surface area contributed by atoms with E-state index in [1.165, 1.54) is 13.5 Å². The topological polar surface area (TPSA) is 71.5 Å². The van der Waals surface area contributed by atoms with Crippen molar-refractivity contribution in [3.63, 3.8) is 0 Å². The van der Waals surface area contributed by atoms with Crippen molar-refractivity contribution >= 4 is 23.3 Å². The van der Waals surface area contributed by atoms with Crippen LogP contribution in [0, 0.1) is 0 Å². The molecule has 0 atom stereocenters. The predicted octanol–water partition coefficient (Wildman–Crippen LogP) is 3.24. The van der Waals surface area contributed by atoms with Crippen LogP contribution in [0.25, 0.3) is 0 Å². The van der Waals surface area contributed by atoms with Crippen LogP contribution in [0.15, 0.2) is 42.6 Å². The number of nitrogens with zero attached hydrogens (tertiary/aromatic N) is 2. The molecule has 3 rings (SSSR count). The van der Waals surface area contributed by atoms with Crippen LogP contribution in [-0.2, 0) is 4.74 Å². The number of carbonyl (C=O) groups excluding carboxylic acids is 2. The molecule has 1 aromatic carbocycles. The molecule has 0 bridgehead atoms. The van der Waals surface area contributed by atoms with Gasteiger partial charge in [0.25, 0.3) is 5.91 Å². The Bertz CT molecular complexity index is 753. The van der Waals surface area contributed by atoms with E-state index in [1.807, 2.05) is 17.0 Å². The molecule has 0 unspecified atom stereocenters. The number of hydrogen-bond donors (Lipinski definition) is 1. The molecule has 0 saturated carbocycles. The number of amides is 1. The molecular weight excluding hydrogens is 318 g/mol. The van der Waals surface area contributed by atoms with Gasteiger partial charge >= 0.3 is 5.97 Å². The molecular formula is C19H21N3O3. The van der Waals surface area contributed by atoms with Gasteiger partial charge in [0.05, 0.1) is 24.6 Å². The number of likely N-dealkylation sites (tertiary alicyclic amines) is 1. The number of anilines is 2. The number of rotatable bonds is 4. The average molecular weight is 339 g/mol. The number of esters is 1. The van der Waals surface area contributed by atoms with Crippen molar-refractivity contribution in [1.82, 2.24) is 9.88 Å². The van der Waals surface area contributed by atoms with Crippen molar-refractivity contribution in [2.24, 2.45) is 0 Å². The summed E-state index contributed by atoms with van der Waals surface area (Å²) in [5.74, 6) is -0.400. The van der Waals surface area contributed by atoms with E-state index in [1.54, 1.807) is 30.5 Å². The highest BCUT2D eigenvalue weighted by atomic mass is 16.5. The molecule has 1 N–H and O–H groups in total. The summed E-state index contributed by atoms with van der Waals surface area (Å²) in [4.78, 5) is 30.1. The Morgan fingerprint density at radius 1 is 1.08 bits per heavy atom. The maximum Gasteiger partial charge on any atom is 0.337 e. The van der Waals surface area contributed by atoms with E-state index in [0.717, 1.165) is 37.3 Å². The first-order valence-electron chi connectivity index (χ1n) is 8.38. The van der Waals surface area contributed by atoms with E-state index in [0.29, 0.717) is 11.3 Å². The quantitative estimate of drug-likeness (QED) is 0.866. The highest BCUT2D eigenvalue weighted by Crippen LogP contribution is 2.19. The van der Waals surface area contributed by atoms with E-state index in [-0.39, 0.29) is 11.9 Å². The summed E-state index contributed by atoms with van der Waals surface area (Å²) in [6.07, 6.45) is 4.93. The van der Waals surface area contributed by atoms with Gasteiger partial charge in [-0.2, -0.15) is 0 Å². The summed E-state index contributed by atoms with van der Waals surface area (Å²) >= 11 is 0. The van der Waals surface area contributed by atoms with E-state index in [4.69, 9.17) is 4.74 Å². The van der Waals surface area contributed by atoms with Gasteiger partial charge in [0.2, 0.25) is 0 Å². The Morgan fingerprint density at radius 2 is 1.88 bits per heavy atom. The lowest BCUT2D eigenvalue weighted by molar-refractivity contribution is 0.0600. The molecule has 1 aliphatic heterocycles. The molecule has 1 aromatic heterocycles. The SMILES string of the molecule is COC(=O)c1cccc(Nc2ccc(C(=O)N3CCCCC3)nc2)c1. The van der Waals surface area contributed by atoms with E-state index in [2.05, 4.69) is 10.3 Å². The highest BCUT2D eigenvalue weighted by molar-refractivity contribution is 5.93. The van der Waals surface area contributed by atoms with Crippen LogP contribution in [-0.4, -0.2) is 42.0 Å². The minimum absolute atomic E-state index is 0.0149. The van der Waals surface area contributed by atoms with Crippen LogP contribution in [0.3, 0.4) is 0 Å². The molecule has 0 spiro atoms. The fraction of sp³-hybridized carbons (Fsp3) is 0.316. The number of aromatic nitrogens is 1. The lowest BCUT2D eigenvalue weighted by Gasteiger charge is -2.26. The van der Waals surface area contributed by atoms with Crippen LogP contribution < -0.4 is 5.32 Å². The monoisotopic (exact) mass is 339 g/mol. The molecule has 130 valence electrons. The maximum absolute atomic E-state index is 12.4. The molecule has 2 heterocycles. The Labute approximate surface area is 146 Å². The van der Waals surface area contributed by atoms with Gasteiger partial charge in [-0.1, -0.05) is 6.07 Å². The Hall–Kier alpha value is -2.89. The van der Waals surface area contributed by atoms with Gasteiger partial charge in [0.15, 0.2) is 0 Å². The fourth-order valence-electron chi connectivity index (χ4n) is 2.86. The van der Waals surface area contributed by atoms with Crippen LogP contribution in [0.5, 0.6) is 0 Å². The number of carbonyl (C=O) groups is 2. The summed E-state index contributed by atoms with van der Waals surface area (Å²) < 4.78 is 4.72. The standard InChI is InChI=1S/C19H21N3O3/c1-25-19(24)14-6-5-7-15(12-14)21-16-8-9-17(20-13-16)18(23)22-10-3-2-4-11-22/h5-9,12-13,21H,2-4,10-11H2,1H3. The molecule has 1 saturated heterocycles. The van der Waals surface area contributed by atoms with Crippen LogP contribution >= 0.6 is 0 Å². The van der Waals surface area contributed by atoms with Gasteiger partial charge in [-0.15, -0.1) is 0 Å². The van der Waals surface area contributed by atoms with Crippen molar-refractivity contribution in [3.8, 4) is 0 Å². The zero-order valence-corrected chi connectivity index (χ0v) is 14.2. The number of ether oxygens (including phenoxy) is 1. The normalized spacial score (nSPS) is 14.0. The van der Waals surface area contributed by atoms with Gasteiger partial charge in [-0.3, -0.25) is 4.79 Å². The van der Waals surface area contributed by atoms with E-state index < -0.39 is 0 Å². The molecule has 6 heteroatoms. The van der Waals surface area contributed by atoms with Gasteiger partial charge in [0.1, 0.15) is 5.69 Å². The summed E-state index contributed by atoms with van der Waals surface area (Å²) in [6.45, 7) is 1.61. The fourth-order valence-corrected chi connectivity index (χ4v) is 2.86. The van der Waals surface area contributed by atoms with Crippen molar-refractivity contribution in [1.29, 1.82) is 0 Å². The van der Waals surface area contributed by atoms with E-state index >= 15 is 0 Å². The third kappa shape index (κ3) is 4.15. The zero-order chi connectivity index (χ0) is 17.6. The lowest BCUT2D eigenvalue weighted by atomic mass is 10.1. The molecule has 0 aliphatic carbocycles. The Balaban J connectivity index is 1.68. The minimum Gasteiger partial charge on any atom is -0.465 e. The number of methoxy groups -OCH3 is 1. The third-order valence-corrected chi connectivity index (χ3v) is 4.20. The van der Waals surface area contributed by atoms with Crippen LogP contribution in [0.1, 0.15) is 40.1 Å². The molecule has 0 radical (unpaired) electrons. The second-order valence-corrected chi connectivity index (χ2v) is 5.98. The van der Waals surface area contributed by atoms with Gasteiger partial charge < -0.3 is 15.0 Å². The molecule has 2 aromatic rings. The number of benzene rings is 1. The second-order valence-electron chi connectivity index (χ2n) is 5.98. The average Bonchev–Trinajstić information content (AvgIpc) is 2.68. The molecule has 1 amide bonds. The largest absolute Gasteiger partial charge is 0.465 e. The molecule has 25 heavy (non-hydrogen) atoms. The number of hydrogen-bond acceptors (Lipinski definition) is 5. The summed E-state index contributed by atoms with van der Waals surface area (Å²) in [5.41, 5.74) is 2.42. The van der Waals surface area contributed by atoms with Gasteiger partial charge in [-0.25, -0.2) is 9.78 Å². The summed E-state index contributed by atoms with van der Waals surface area (Å²) in [7, 11) is 1.35. The van der Waals surface area contributed by atoms with Gasteiger partial charge in [-0.05, 0) is 49.6 Å². The first-order chi connectivity index (χ1) is 12.2. The highest BCUT2D eigenvalue weighted by Gasteiger charge is 2.19. The smallest absolute Gasteiger partial charge is 0.337 e. The van der Waals surface area contributed by atoms with Crippen molar-refractivity contribution < 1.29 is 14.3 Å². The minimum atomic E-state index is -0.385. The Kier molecular flexibility index (Phi) is 5.28. The second kappa shape index (κ2) is 7.79. The molecule has 1 fully saturated rings. The zero-order valence-electron chi connectivity index (χ0n) is 14.2. The third-order valence-electron chi connectivity index (χ3n) is 4.20. The molecule has 6 nitrogen and oxygen atoms in total. The maximum atomic E-state index is 12.4. The summed E-state index contributed by atoms with van der Waals surface area (Å²) in [6, 6.07) is 10.6. The predicted molar refractivity (Wildman–Crippen MR) is 95.1 cm³/mol. The van der Waals surface area contributed by atoms with Crippen molar-refractivity contribution in [2.45, 2.75) is 19.3 Å². The summed E-state index contributed by atoms with van der Waals surface area (Å²) in [5, 5.41) is 3.17. The number of piperidine rings is 1. The lowest BCUT2D eigenvalue weighted by Crippen LogP contribution is -2.36. The Morgan fingerprint density at radius 3 is 2.56 bits per heavy atom. The van der Waals surface area contributed by atoms with Crippen LogP contribution in [0.2, 0.25) is 0 Å². The van der Waals surface area contributed by atoms with E-state index in [9.17, 15) is 9.59 Å². The first-order valence-corrected chi connectivity index (χ1v) is 8.38. The van der Waals surface area contributed by atoms with Gasteiger partial charge in [0, 0.05) is 18.8 Å².